The number of aryl methyl sites for hydroxylation is 2. The molecule has 0 radical (unpaired) electrons. The van der Waals surface area contributed by atoms with Crippen LogP contribution in [-0.4, -0.2) is 28.0 Å². The lowest BCUT2D eigenvalue weighted by Crippen LogP contribution is -2.33. The fraction of sp³-hybridized carbons (Fsp3) is 0.167. The predicted octanol–water partition coefficient (Wildman–Crippen LogP) is 2.32. The van der Waals surface area contributed by atoms with Gasteiger partial charge in [0.1, 0.15) is 0 Å². The Hall–Kier alpha value is -3.15. The van der Waals surface area contributed by atoms with E-state index in [0.717, 1.165) is 16.6 Å². The third-order valence-corrected chi connectivity index (χ3v) is 3.80. The smallest absolute Gasteiger partial charge is 0.272 e. The van der Waals surface area contributed by atoms with E-state index in [2.05, 4.69) is 15.7 Å². The van der Waals surface area contributed by atoms with Crippen LogP contribution >= 0.6 is 0 Å². The molecule has 0 saturated heterocycles. The monoisotopic (exact) mass is 322 g/mol. The van der Waals surface area contributed by atoms with E-state index in [1.165, 1.54) is 0 Å². The summed E-state index contributed by atoms with van der Waals surface area (Å²) in [5, 5.41) is 9.51. The Morgan fingerprint density at radius 1 is 1.08 bits per heavy atom. The van der Waals surface area contributed by atoms with Gasteiger partial charge in [-0.05, 0) is 55.3 Å². The molecule has 0 aliphatic heterocycles. The first-order valence-corrected chi connectivity index (χ1v) is 7.62. The Bertz CT molecular complexity index is 881. The topological polar surface area (TPSA) is 75.5 Å². The second-order valence-corrected chi connectivity index (χ2v) is 5.63. The third kappa shape index (κ3) is 3.43. The standard InChI is InChI=1S/C18H18N4O2/c1-12-6-7-14(9-13(12)2)20-17(23)11-19-18(24)16-10-15-5-3-4-8-22(15)21-16/h3-10H,11H2,1-2H3,(H,19,24)(H,20,23). The number of pyridine rings is 1. The molecule has 0 aliphatic rings. The molecule has 0 spiro atoms. The van der Waals surface area contributed by atoms with Crippen molar-refractivity contribution >= 4 is 23.0 Å². The van der Waals surface area contributed by atoms with E-state index in [1.54, 1.807) is 16.8 Å². The molecule has 0 saturated carbocycles. The number of nitrogens with zero attached hydrogens (tertiary/aromatic N) is 2. The minimum atomic E-state index is -0.381. The largest absolute Gasteiger partial charge is 0.342 e. The highest BCUT2D eigenvalue weighted by molar-refractivity contribution is 5.99. The molecule has 1 aromatic carbocycles. The van der Waals surface area contributed by atoms with E-state index in [1.807, 2.05) is 50.2 Å². The maximum Gasteiger partial charge on any atom is 0.272 e. The molecule has 122 valence electrons. The van der Waals surface area contributed by atoms with Crippen molar-refractivity contribution in [1.29, 1.82) is 0 Å². The zero-order chi connectivity index (χ0) is 17.1. The molecule has 3 aromatic rings. The molecular weight excluding hydrogens is 304 g/mol. The van der Waals surface area contributed by atoms with Gasteiger partial charge in [0.2, 0.25) is 5.91 Å². The van der Waals surface area contributed by atoms with E-state index in [-0.39, 0.29) is 24.1 Å². The summed E-state index contributed by atoms with van der Waals surface area (Å²) in [6.45, 7) is 3.88. The lowest BCUT2D eigenvalue weighted by atomic mass is 10.1. The van der Waals surface area contributed by atoms with Crippen molar-refractivity contribution in [3.8, 4) is 0 Å². The highest BCUT2D eigenvalue weighted by Gasteiger charge is 2.12. The Morgan fingerprint density at radius 3 is 2.67 bits per heavy atom. The van der Waals surface area contributed by atoms with Crippen molar-refractivity contribution in [1.82, 2.24) is 14.9 Å². The van der Waals surface area contributed by atoms with Crippen LogP contribution in [0.15, 0.2) is 48.7 Å². The minimum absolute atomic E-state index is 0.111. The normalized spacial score (nSPS) is 10.6. The van der Waals surface area contributed by atoms with Crippen LogP contribution in [-0.2, 0) is 4.79 Å². The number of carbonyl (C=O) groups is 2. The van der Waals surface area contributed by atoms with E-state index < -0.39 is 0 Å². The summed E-state index contributed by atoms with van der Waals surface area (Å²) in [5.41, 5.74) is 4.07. The molecule has 2 N–H and O–H groups in total. The van der Waals surface area contributed by atoms with E-state index in [9.17, 15) is 9.59 Å². The number of carbonyl (C=O) groups excluding carboxylic acids is 2. The Kier molecular flexibility index (Phi) is 4.29. The van der Waals surface area contributed by atoms with Gasteiger partial charge in [0, 0.05) is 11.9 Å². The van der Waals surface area contributed by atoms with Crippen molar-refractivity contribution in [3.63, 3.8) is 0 Å². The molecular formula is C18H18N4O2. The summed E-state index contributed by atoms with van der Waals surface area (Å²) in [7, 11) is 0. The maximum absolute atomic E-state index is 12.1. The van der Waals surface area contributed by atoms with Crippen LogP contribution in [0.2, 0.25) is 0 Å². The highest BCUT2D eigenvalue weighted by atomic mass is 16.2. The number of hydrogen-bond acceptors (Lipinski definition) is 3. The Labute approximate surface area is 139 Å². The maximum atomic E-state index is 12.1. The van der Waals surface area contributed by atoms with Gasteiger partial charge in [0.05, 0.1) is 12.1 Å². The van der Waals surface area contributed by atoms with Gasteiger partial charge in [-0.25, -0.2) is 4.52 Å². The number of rotatable bonds is 4. The molecule has 0 aliphatic carbocycles. The molecule has 6 heteroatoms. The molecule has 0 unspecified atom stereocenters. The number of benzene rings is 1. The Balaban J connectivity index is 1.59. The number of fused-ring (bicyclic) bond motifs is 1. The zero-order valence-electron chi connectivity index (χ0n) is 13.5. The molecule has 24 heavy (non-hydrogen) atoms. The fourth-order valence-corrected chi connectivity index (χ4v) is 2.32. The molecule has 6 nitrogen and oxygen atoms in total. The van der Waals surface area contributed by atoms with E-state index >= 15 is 0 Å². The average Bonchev–Trinajstić information content (AvgIpc) is 3.00. The Morgan fingerprint density at radius 2 is 1.92 bits per heavy atom. The second kappa shape index (κ2) is 6.54. The fourth-order valence-electron chi connectivity index (χ4n) is 2.32. The van der Waals surface area contributed by atoms with Crippen LogP contribution in [0.1, 0.15) is 21.6 Å². The van der Waals surface area contributed by atoms with Gasteiger partial charge in [0.15, 0.2) is 5.69 Å². The van der Waals surface area contributed by atoms with Gasteiger partial charge in [-0.1, -0.05) is 12.1 Å². The van der Waals surface area contributed by atoms with Crippen molar-refractivity contribution in [2.75, 3.05) is 11.9 Å². The number of anilines is 1. The number of hydrogen-bond donors (Lipinski definition) is 2. The summed E-state index contributed by atoms with van der Waals surface area (Å²) in [6.07, 6.45) is 1.76. The summed E-state index contributed by atoms with van der Waals surface area (Å²) in [4.78, 5) is 24.1. The van der Waals surface area contributed by atoms with Crippen LogP contribution in [0.3, 0.4) is 0 Å². The average molecular weight is 322 g/mol. The first kappa shape index (κ1) is 15.7. The van der Waals surface area contributed by atoms with Crippen LogP contribution in [0.25, 0.3) is 5.52 Å². The number of aromatic nitrogens is 2. The van der Waals surface area contributed by atoms with Crippen molar-refractivity contribution in [3.05, 3.63) is 65.5 Å². The number of nitrogens with one attached hydrogen (secondary N) is 2. The molecule has 0 atom stereocenters. The second-order valence-electron chi connectivity index (χ2n) is 5.63. The lowest BCUT2D eigenvalue weighted by molar-refractivity contribution is -0.115. The van der Waals surface area contributed by atoms with Gasteiger partial charge >= 0.3 is 0 Å². The van der Waals surface area contributed by atoms with Crippen LogP contribution in [0.4, 0.5) is 5.69 Å². The first-order chi connectivity index (χ1) is 11.5. The van der Waals surface area contributed by atoms with Crippen LogP contribution in [0.5, 0.6) is 0 Å². The van der Waals surface area contributed by atoms with E-state index in [0.29, 0.717) is 5.69 Å². The van der Waals surface area contributed by atoms with Crippen molar-refractivity contribution in [2.24, 2.45) is 0 Å². The summed E-state index contributed by atoms with van der Waals surface area (Å²) < 4.78 is 1.62. The van der Waals surface area contributed by atoms with E-state index in [4.69, 9.17) is 0 Å². The van der Waals surface area contributed by atoms with Crippen molar-refractivity contribution in [2.45, 2.75) is 13.8 Å². The predicted molar refractivity (Wildman–Crippen MR) is 92.1 cm³/mol. The van der Waals surface area contributed by atoms with Gasteiger partial charge in [0.25, 0.3) is 5.91 Å². The zero-order valence-corrected chi connectivity index (χ0v) is 13.5. The number of amides is 2. The third-order valence-electron chi connectivity index (χ3n) is 3.80. The van der Waals surface area contributed by atoms with Crippen LogP contribution < -0.4 is 10.6 Å². The summed E-state index contributed by atoms with van der Waals surface area (Å²) in [6, 6.07) is 12.9. The molecule has 2 heterocycles. The summed E-state index contributed by atoms with van der Waals surface area (Å²) in [5.74, 6) is -0.663. The van der Waals surface area contributed by atoms with Gasteiger partial charge < -0.3 is 10.6 Å². The summed E-state index contributed by atoms with van der Waals surface area (Å²) >= 11 is 0. The molecule has 2 aromatic heterocycles. The SMILES string of the molecule is Cc1ccc(NC(=O)CNC(=O)c2cc3ccccn3n2)cc1C. The van der Waals surface area contributed by atoms with Gasteiger partial charge in [-0.15, -0.1) is 0 Å². The highest BCUT2D eigenvalue weighted by Crippen LogP contribution is 2.13. The van der Waals surface area contributed by atoms with Gasteiger partial charge in [-0.3, -0.25) is 9.59 Å². The molecule has 2 amide bonds. The molecule has 3 rings (SSSR count). The van der Waals surface area contributed by atoms with Crippen molar-refractivity contribution < 1.29 is 9.59 Å². The quantitative estimate of drug-likeness (QED) is 0.774. The molecule has 0 fully saturated rings. The van der Waals surface area contributed by atoms with Crippen LogP contribution in [0, 0.1) is 13.8 Å². The first-order valence-electron chi connectivity index (χ1n) is 7.62. The minimum Gasteiger partial charge on any atom is -0.342 e. The lowest BCUT2D eigenvalue weighted by Gasteiger charge is -2.08. The molecule has 0 bridgehead atoms. The van der Waals surface area contributed by atoms with Gasteiger partial charge in [-0.2, -0.15) is 5.10 Å².